The Balaban J connectivity index is 2.49. The van der Waals surface area contributed by atoms with Crippen LogP contribution in [0.15, 0.2) is 30.0 Å². The van der Waals surface area contributed by atoms with Crippen LogP contribution in [0.1, 0.15) is 20.3 Å². The second kappa shape index (κ2) is 7.92. The fourth-order valence-electron chi connectivity index (χ4n) is 1.28. The fraction of sp³-hybridized carbons (Fsp3) is 0.286. The molecule has 0 saturated heterocycles. The van der Waals surface area contributed by atoms with Gasteiger partial charge in [-0.25, -0.2) is 0 Å². The molecule has 6 heteroatoms. The first-order valence-electron chi connectivity index (χ1n) is 5.83. The second-order valence-corrected chi connectivity index (χ2v) is 4.90. The lowest BCUT2D eigenvalue weighted by Gasteiger charge is -2.08. The minimum Gasteiger partial charge on any atom is -0.461 e. The number of Topliss-reactive ketones (excluding diaryl/α,β-unsaturated/α-hetero) is 1. The van der Waals surface area contributed by atoms with E-state index in [0.717, 1.165) is 0 Å². The molecule has 0 fully saturated rings. The predicted octanol–water partition coefficient (Wildman–Crippen LogP) is 3.80. The lowest BCUT2D eigenvalue weighted by atomic mass is 10.3. The zero-order valence-corrected chi connectivity index (χ0v) is 12.6. The van der Waals surface area contributed by atoms with Crippen molar-refractivity contribution in [2.45, 2.75) is 20.3 Å². The number of ether oxygens (including phenoxy) is 2. The van der Waals surface area contributed by atoms with E-state index in [1.54, 1.807) is 31.2 Å². The molecule has 0 aliphatic carbocycles. The molecule has 0 N–H and O–H groups in total. The van der Waals surface area contributed by atoms with Gasteiger partial charge in [0, 0.05) is 5.02 Å². The van der Waals surface area contributed by atoms with Crippen molar-refractivity contribution in [1.82, 2.24) is 0 Å². The third kappa shape index (κ3) is 6.08. The summed E-state index contributed by atoms with van der Waals surface area (Å²) in [5, 5.41) is 0.904. The summed E-state index contributed by atoms with van der Waals surface area (Å²) in [6.45, 7) is 3.06. The molecule has 1 aromatic carbocycles. The molecule has 0 radical (unpaired) electrons. The minimum absolute atomic E-state index is 0.0309. The number of hydrogen-bond donors (Lipinski definition) is 0. The van der Waals surface area contributed by atoms with Crippen molar-refractivity contribution < 1.29 is 19.1 Å². The molecule has 0 spiro atoms. The molecule has 108 valence electrons. The third-order valence-electron chi connectivity index (χ3n) is 2.17. The van der Waals surface area contributed by atoms with Crippen molar-refractivity contribution in [1.29, 1.82) is 0 Å². The Morgan fingerprint density at radius 3 is 2.55 bits per heavy atom. The molecule has 0 saturated carbocycles. The highest BCUT2D eigenvalue weighted by Crippen LogP contribution is 2.28. The van der Waals surface area contributed by atoms with Crippen LogP contribution in [0, 0.1) is 0 Å². The first kappa shape index (κ1) is 16.5. The van der Waals surface area contributed by atoms with Gasteiger partial charge in [-0.1, -0.05) is 23.2 Å². The molecular formula is C14H14Cl2O4. The van der Waals surface area contributed by atoms with Gasteiger partial charge in [0.05, 0.1) is 5.02 Å². The van der Waals surface area contributed by atoms with Gasteiger partial charge in [0.15, 0.2) is 0 Å². The average molecular weight is 317 g/mol. The molecule has 1 aromatic rings. The van der Waals surface area contributed by atoms with Crippen LogP contribution >= 0.6 is 23.2 Å². The van der Waals surface area contributed by atoms with Gasteiger partial charge < -0.3 is 9.47 Å². The van der Waals surface area contributed by atoms with Crippen LogP contribution in [0.25, 0.3) is 0 Å². The van der Waals surface area contributed by atoms with Crippen molar-refractivity contribution >= 4 is 35.0 Å². The molecule has 0 atom stereocenters. The Labute approximate surface area is 127 Å². The first-order chi connectivity index (χ1) is 9.38. The number of halogens is 2. The maximum atomic E-state index is 11.1. The highest BCUT2D eigenvalue weighted by molar-refractivity contribution is 6.35. The Hall–Kier alpha value is -1.52. The summed E-state index contributed by atoms with van der Waals surface area (Å²) in [4.78, 5) is 21.8. The average Bonchev–Trinajstić information content (AvgIpc) is 2.31. The number of esters is 1. The molecule has 0 unspecified atom stereocenters. The second-order valence-electron chi connectivity index (χ2n) is 4.05. The summed E-state index contributed by atoms with van der Waals surface area (Å²) < 4.78 is 10.3. The smallest absolute Gasteiger partial charge is 0.313 e. The van der Waals surface area contributed by atoms with Gasteiger partial charge in [-0.2, -0.15) is 0 Å². The standard InChI is InChI=1S/C14H14Cl2O4/c1-9(17)7-14(18)19-6-5-10(2)20-13-4-3-11(15)8-12(13)16/h3-5,8H,6-7H2,1-2H3/b10-5+. The number of carbonyl (C=O) groups excluding carboxylic acids is 2. The van der Waals surface area contributed by atoms with E-state index in [-0.39, 0.29) is 18.8 Å². The molecule has 1 rings (SSSR count). The van der Waals surface area contributed by atoms with E-state index < -0.39 is 5.97 Å². The van der Waals surface area contributed by atoms with Crippen LogP contribution in [-0.2, 0) is 14.3 Å². The third-order valence-corrected chi connectivity index (χ3v) is 2.70. The highest BCUT2D eigenvalue weighted by atomic mass is 35.5. The van der Waals surface area contributed by atoms with Crippen LogP contribution < -0.4 is 4.74 Å². The van der Waals surface area contributed by atoms with Gasteiger partial charge in [0.1, 0.15) is 30.3 Å². The van der Waals surface area contributed by atoms with Crippen LogP contribution in [0.4, 0.5) is 0 Å². The van der Waals surface area contributed by atoms with Crippen molar-refractivity contribution in [3.05, 3.63) is 40.1 Å². The molecule has 0 amide bonds. The van der Waals surface area contributed by atoms with Crippen LogP contribution in [0.3, 0.4) is 0 Å². The number of hydrogen-bond acceptors (Lipinski definition) is 4. The van der Waals surface area contributed by atoms with Gasteiger partial charge in [0.2, 0.25) is 0 Å². The van der Waals surface area contributed by atoms with E-state index in [4.69, 9.17) is 32.7 Å². The normalized spacial score (nSPS) is 11.1. The Morgan fingerprint density at radius 1 is 1.25 bits per heavy atom. The molecule has 0 aliphatic rings. The van der Waals surface area contributed by atoms with Crippen molar-refractivity contribution in [2.75, 3.05) is 6.61 Å². The molecular weight excluding hydrogens is 303 g/mol. The van der Waals surface area contributed by atoms with Gasteiger partial charge >= 0.3 is 5.97 Å². The number of carbonyl (C=O) groups is 2. The molecule has 0 heterocycles. The topological polar surface area (TPSA) is 52.6 Å². The monoisotopic (exact) mass is 316 g/mol. The van der Waals surface area contributed by atoms with E-state index in [9.17, 15) is 9.59 Å². The summed E-state index contributed by atoms with van der Waals surface area (Å²) >= 11 is 11.7. The van der Waals surface area contributed by atoms with Gasteiger partial charge in [-0.3, -0.25) is 9.59 Å². The van der Waals surface area contributed by atoms with E-state index in [0.29, 0.717) is 21.6 Å². The zero-order chi connectivity index (χ0) is 15.1. The van der Waals surface area contributed by atoms with Crippen LogP contribution in [0.5, 0.6) is 5.75 Å². The lowest BCUT2D eigenvalue weighted by Crippen LogP contribution is -2.09. The molecule has 0 aromatic heterocycles. The Morgan fingerprint density at radius 2 is 1.95 bits per heavy atom. The number of ketones is 1. The molecule has 20 heavy (non-hydrogen) atoms. The zero-order valence-electron chi connectivity index (χ0n) is 11.1. The van der Waals surface area contributed by atoms with E-state index in [1.165, 1.54) is 6.92 Å². The van der Waals surface area contributed by atoms with E-state index >= 15 is 0 Å². The first-order valence-corrected chi connectivity index (χ1v) is 6.59. The van der Waals surface area contributed by atoms with Crippen LogP contribution in [0.2, 0.25) is 10.0 Å². The summed E-state index contributed by atoms with van der Waals surface area (Å²) in [6, 6.07) is 4.87. The van der Waals surface area contributed by atoms with E-state index in [1.807, 2.05) is 0 Å². The van der Waals surface area contributed by atoms with Crippen molar-refractivity contribution in [2.24, 2.45) is 0 Å². The maximum absolute atomic E-state index is 11.1. The molecule has 4 nitrogen and oxygen atoms in total. The Bertz CT molecular complexity index is 538. The maximum Gasteiger partial charge on any atom is 0.313 e. The van der Waals surface area contributed by atoms with Crippen molar-refractivity contribution in [3.8, 4) is 5.75 Å². The Kier molecular flexibility index (Phi) is 6.55. The highest BCUT2D eigenvalue weighted by Gasteiger charge is 2.06. The molecule has 0 aliphatic heterocycles. The summed E-state index contributed by atoms with van der Waals surface area (Å²) in [5.41, 5.74) is 0. The minimum atomic E-state index is -0.564. The summed E-state index contributed by atoms with van der Waals surface area (Å²) in [5.74, 6) is 0.177. The molecule has 0 bridgehead atoms. The summed E-state index contributed by atoms with van der Waals surface area (Å²) in [6.07, 6.45) is 1.35. The summed E-state index contributed by atoms with van der Waals surface area (Å²) in [7, 11) is 0. The van der Waals surface area contributed by atoms with Gasteiger partial charge in [-0.05, 0) is 38.1 Å². The SMILES string of the molecule is CC(=O)CC(=O)OC/C=C(\C)Oc1ccc(Cl)cc1Cl. The number of rotatable bonds is 6. The number of benzene rings is 1. The predicted molar refractivity (Wildman–Crippen MR) is 77.1 cm³/mol. The fourth-order valence-corrected chi connectivity index (χ4v) is 1.73. The van der Waals surface area contributed by atoms with E-state index in [2.05, 4.69) is 0 Å². The van der Waals surface area contributed by atoms with Crippen molar-refractivity contribution in [3.63, 3.8) is 0 Å². The largest absolute Gasteiger partial charge is 0.461 e. The number of allylic oxidation sites excluding steroid dienone is 1. The van der Waals surface area contributed by atoms with Gasteiger partial charge in [-0.15, -0.1) is 0 Å². The lowest BCUT2D eigenvalue weighted by molar-refractivity contribution is -0.144. The van der Waals surface area contributed by atoms with Crippen LogP contribution in [-0.4, -0.2) is 18.4 Å². The van der Waals surface area contributed by atoms with Gasteiger partial charge in [0.25, 0.3) is 0 Å². The quantitative estimate of drug-likeness (QED) is 0.455.